The van der Waals surface area contributed by atoms with Crippen LogP contribution in [0.3, 0.4) is 0 Å². The van der Waals surface area contributed by atoms with Crippen LogP contribution in [0.4, 0.5) is 0 Å². The minimum Gasteiger partial charge on any atom is -0.391 e. The Bertz CT molecular complexity index is 315. The van der Waals surface area contributed by atoms with E-state index in [9.17, 15) is 0 Å². The summed E-state index contributed by atoms with van der Waals surface area (Å²) in [4.78, 5) is 4.61. The van der Waals surface area contributed by atoms with Crippen LogP contribution in [0.25, 0.3) is 0 Å². The molecule has 0 amide bonds. The van der Waals surface area contributed by atoms with Gasteiger partial charge in [-0.1, -0.05) is 17.3 Å². The van der Waals surface area contributed by atoms with Crippen molar-refractivity contribution < 1.29 is 4.84 Å². The third-order valence-electron chi connectivity index (χ3n) is 1.36. The first-order chi connectivity index (χ1) is 5.86. The first-order valence-corrected chi connectivity index (χ1v) is 3.38. The van der Waals surface area contributed by atoms with Crippen molar-refractivity contribution in [2.24, 2.45) is 5.16 Å². The monoisotopic (exact) mass is 159 g/mol. The molecule has 0 unspecified atom stereocenters. The van der Waals surface area contributed by atoms with Crippen molar-refractivity contribution in [3.05, 3.63) is 35.4 Å². The van der Waals surface area contributed by atoms with E-state index in [1.54, 1.807) is 18.2 Å². The third kappa shape index (κ3) is 2.10. The van der Waals surface area contributed by atoms with Gasteiger partial charge in [-0.25, -0.2) is 0 Å². The van der Waals surface area contributed by atoms with Gasteiger partial charge in [0.25, 0.3) is 0 Å². The zero-order valence-electron chi connectivity index (χ0n) is 6.40. The molecule has 0 aliphatic heterocycles. The second kappa shape index (κ2) is 4.14. The summed E-state index contributed by atoms with van der Waals surface area (Å²) in [6, 6.07) is 9.10. The number of benzene rings is 1. The molecule has 1 rings (SSSR count). The molecule has 0 N–H and O–H groups in total. The summed E-state index contributed by atoms with van der Waals surface area (Å²) in [5.41, 5.74) is 1.48. The number of hydrogen-bond donors (Lipinski definition) is 0. The van der Waals surface area contributed by atoms with E-state index in [0.29, 0.717) is 12.2 Å². The van der Waals surface area contributed by atoms with E-state index in [1.807, 2.05) is 12.1 Å². The van der Waals surface area contributed by atoms with Gasteiger partial charge >= 0.3 is 0 Å². The van der Waals surface area contributed by atoms with Gasteiger partial charge in [0.1, 0.15) is 6.61 Å². The standard InChI is InChI=1S/C9H7N2O/c1-11-12-7-9-4-2-3-8(5-9)6-10/h1-5H,7H2. The molecule has 0 atom stereocenters. The number of hydrogen-bond acceptors (Lipinski definition) is 3. The summed E-state index contributed by atoms with van der Waals surface area (Å²) >= 11 is 0. The molecule has 0 heterocycles. The van der Waals surface area contributed by atoms with Crippen molar-refractivity contribution >= 4 is 6.72 Å². The lowest BCUT2D eigenvalue weighted by Gasteiger charge is -1.98. The fraction of sp³-hybridized carbons (Fsp3) is 0.111. The average Bonchev–Trinajstić information content (AvgIpc) is 2.15. The lowest BCUT2D eigenvalue weighted by atomic mass is 10.1. The second-order valence-electron chi connectivity index (χ2n) is 2.19. The van der Waals surface area contributed by atoms with Crippen LogP contribution < -0.4 is 0 Å². The summed E-state index contributed by atoms with van der Waals surface area (Å²) in [5, 5.41) is 11.6. The van der Waals surface area contributed by atoms with Crippen molar-refractivity contribution in [2.75, 3.05) is 0 Å². The molecule has 12 heavy (non-hydrogen) atoms. The molecule has 0 spiro atoms. The predicted octanol–water partition coefficient (Wildman–Crippen LogP) is 1.57. The Morgan fingerprint density at radius 1 is 1.58 bits per heavy atom. The quantitative estimate of drug-likeness (QED) is 0.496. The Hall–Kier alpha value is -1.82. The summed E-state index contributed by atoms with van der Waals surface area (Å²) in [6.45, 7) is 5.08. The lowest BCUT2D eigenvalue weighted by Crippen LogP contribution is -1.86. The third-order valence-corrected chi connectivity index (χ3v) is 1.36. The van der Waals surface area contributed by atoms with Crippen molar-refractivity contribution in [3.63, 3.8) is 0 Å². The molecule has 0 aliphatic carbocycles. The van der Waals surface area contributed by atoms with Gasteiger partial charge in [-0.15, -0.1) is 0 Å². The van der Waals surface area contributed by atoms with Crippen LogP contribution in [-0.4, -0.2) is 6.72 Å². The highest BCUT2D eigenvalue weighted by Gasteiger charge is 1.94. The van der Waals surface area contributed by atoms with Gasteiger partial charge in [0.15, 0.2) is 0 Å². The van der Waals surface area contributed by atoms with Crippen molar-refractivity contribution in [1.29, 1.82) is 5.26 Å². The van der Waals surface area contributed by atoms with Crippen LogP contribution in [0.1, 0.15) is 11.1 Å². The molecule has 0 saturated heterocycles. The van der Waals surface area contributed by atoms with E-state index in [0.717, 1.165) is 5.56 Å². The molecule has 0 aromatic heterocycles. The molecule has 0 fully saturated rings. The molecule has 0 aliphatic rings. The number of rotatable bonds is 3. The topological polar surface area (TPSA) is 45.4 Å². The average molecular weight is 159 g/mol. The SMILES string of the molecule is [CH]=NOCc1cccc(C#N)c1. The zero-order chi connectivity index (χ0) is 8.81. The molecule has 1 aromatic rings. The molecule has 3 heteroatoms. The molecule has 0 saturated carbocycles. The minimum atomic E-state index is 0.298. The van der Waals surface area contributed by atoms with Gasteiger partial charge in [-0.3, -0.25) is 0 Å². The Labute approximate surface area is 70.9 Å². The van der Waals surface area contributed by atoms with E-state index in [4.69, 9.17) is 12.0 Å². The Morgan fingerprint density at radius 3 is 3.08 bits per heavy atom. The minimum absolute atomic E-state index is 0.298. The molecule has 0 bridgehead atoms. The lowest BCUT2D eigenvalue weighted by molar-refractivity contribution is 0.133. The molecule has 1 aromatic carbocycles. The van der Waals surface area contributed by atoms with Crippen LogP contribution in [-0.2, 0) is 11.4 Å². The highest BCUT2D eigenvalue weighted by molar-refractivity contribution is 5.32. The first-order valence-electron chi connectivity index (χ1n) is 3.38. The predicted molar refractivity (Wildman–Crippen MR) is 44.4 cm³/mol. The normalized spacial score (nSPS) is 8.58. The smallest absolute Gasteiger partial charge is 0.142 e. The van der Waals surface area contributed by atoms with Crippen LogP contribution in [0, 0.1) is 11.3 Å². The molecular formula is C9H7N2O. The van der Waals surface area contributed by atoms with Gasteiger partial charge < -0.3 is 4.84 Å². The van der Waals surface area contributed by atoms with Crippen LogP contribution >= 0.6 is 0 Å². The van der Waals surface area contributed by atoms with Crippen molar-refractivity contribution in [2.45, 2.75) is 6.61 Å². The number of nitriles is 1. The Balaban J connectivity index is 2.74. The maximum atomic E-state index is 8.55. The van der Waals surface area contributed by atoms with Crippen LogP contribution in [0.15, 0.2) is 29.4 Å². The summed E-state index contributed by atoms with van der Waals surface area (Å²) in [6.07, 6.45) is 0. The fourth-order valence-corrected chi connectivity index (χ4v) is 0.842. The van der Waals surface area contributed by atoms with E-state index in [1.165, 1.54) is 0 Å². The van der Waals surface area contributed by atoms with E-state index < -0.39 is 0 Å². The molecule has 59 valence electrons. The van der Waals surface area contributed by atoms with Gasteiger partial charge in [0.2, 0.25) is 0 Å². The van der Waals surface area contributed by atoms with Gasteiger partial charge in [0.05, 0.1) is 18.4 Å². The van der Waals surface area contributed by atoms with Crippen LogP contribution in [0.2, 0.25) is 0 Å². The maximum absolute atomic E-state index is 8.55. The highest BCUT2D eigenvalue weighted by Crippen LogP contribution is 2.05. The van der Waals surface area contributed by atoms with Gasteiger partial charge in [-0.2, -0.15) is 5.26 Å². The summed E-state index contributed by atoms with van der Waals surface area (Å²) in [5.74, 6) is 0. The number of nitrogens with zero attached hydrogens (tertiary/aromatic N) is 2. The molecular weight excluding hydrogens is 152 g/mol. The van der Waals surface area contributed by atoms with E-state index >= 15 is 0 Å². The highest BCUT2D eigenvalue weighted by atomic mass is 16.6. The van der Waals surface area contributed by atoms with E-state index in [2.05, 4.69) is 9.99 Å². The maximum Gasteiger partial charge on any atom is 0.142 e. The van der Waals surface area contributed by atoms with Crippen LogP contribution in [0.5, 0.6) is 0 Å². The second-order valence-corrected chi connectivity index (χ2v) is 2.19. The molecule has 3 nitrogen and oxygen atoms in total. The van der Waals surface area contributed by atoms with E-state index in [-0.39, 0.29) is 0 Å². The summed E-state index contributed by atoms with van der Waals surface area (Å²) in [7, 11) is 0. The van der Waals surface area contributed by atoms with Gasteiger partial charge in [0, 0.05) is 0 Å². The van der Waals surface area contributed by atoms with Crippen molar-refractivity contribution in [3.8, 4) is 6.07 Å². The largest absolute Gasteiger partial charge is 0.391 e. The first kappa shape index (κ1) is 8.28. The molecule has 1 radical (unpaired) electrons. The van der Waals surface area contributed by atoms with Gasteiger partial charge in [-0.05, 0) is 17.7 Å². The summed E-state index contributed by atoms with van der Waals surface area (Å²) < 4.78 is 0. The zero-order valence-corrected chi connectivity index (χ0v) is 6.40. The Kier molecular flexibility index (Phi) is 2.86. The Morgan fingerprint density at radius 2 is 2.42 bits per heavy atom. The van der Waals surface area contributed by atoms with Crippen molar-refractivity contribution in [1.82, 2.24) is 0 Å². The fourth-order valence-electron chi connectivity index (χ4n) is 0.842.